The normalized spacial score (nSPS) is 13.0. The van der Waals surface area contributed by atoms with Crippen molar-refractivity contribution in [3.05, 3.63) is 0 Å². The molecule has 0 fully saturated rings. The molecule has 0 radical (unpaired) electrons. The first-order chi connectivity index (χ1) is 7.31. The first-order valence-electron chi connectivity index (χ1n) is 6.92. The number of unbranched alkanes of at least 4 members (excludes halogenated alkanes) is 6. The Labute approximate surface area is 102 Å². The first-order valence-corrected chi connectivity index (χ1v) is 7.97. The van der Waals surface area contributed by atoms with Gasteiger partial charge in [0.15, 0.2) is 0 Å². The van der Waals surface area contributed by atoms with Crippen molar-refractivity contribution in [1.29, 1.82) is 0 Å². The van der Waals surface area contributed by atoms with E-state index in [-0.39, 0.29) is 0 Å². The first kappa shape index (κ1) is 15.3. The molecule has 0 saturated carbocycles. The van der Waals surface area contributed by atoms with Gasteiger partial charge in [0.25, 0.3) is 0 Å². The van der Waals surface area contributed by atoms with E-state index < -0.39 is 0 Å². The van der Waals surface area contributed by atoms with Gasteiger partial charge in [-0.25, -0.2) is 0 Å². The molecular formula is C14H30S. The largest absolute Gasteiger partial charge is 0.159 e. The van der Waals surface area contributed by atoms with Crippen molar-refractivity contribution in [3.8, 4) is 0 Å². The molecule has 0 N–H and O–H groups in total. The smallest absolute Gasteiger partial charge is 0.00187 e. The van der Waals surface area contributed by atoms with E-state index in [1.807, 2.05) is 0 Å². The Hall–Kier alpha value is 0.350. The fourth-order valence-corrected chi connectivity index (χ4v) is 2.86. The predicted octanol–water partition coefficient (Wildman–Crippen LogP) is 5.66. The molecule has 0 amide bonds. The van der Waals surface area contributed by atoms with Gasteiger partial charge in [-0.15, -0.1) is 0 Å². The van der Waals surface area contributed by atoms with Crippen LogP contribution < -0.4 is 0 Å². The molecule has 0 saturated heterocycles. The van der Waals surface area contributed by atoms with Gasteiger partial charge < -0.3 is 0 Å². The predicted molar refractivity (Wildman–Crippen MR) is 74.8 cm³/mol. The van der Waals surface area contributed by atoms with E-state index in [1.54, 1.807) is 0 Å². The van der Waals surface area contributed by atoms with Gasteiger partial charge in [0, 0.05) is 5.25 Å². The van der Waals surface area contributed by atoms with E-state index >= 15 is 0 Å². The maximum Gasteiger partial charge on any atom is 0.00187 e. The van der Waals surface area contributed by atoms with Gasteiger partial charge in [-0.3, -0.25) is 0 Å². The minimum Gasteiger partial charge on any atom is -0.159 e. The average Bonchev–Trinajstić information content (AvgIpc) is 2.24. The number of thioether (sulfide) groups is 1. The lowest BCUT2D eigenvalue weighted by atomic mass is 10.1. The lowest BCUT2D eigenvalue weighted by molar-refractivity contribution is 0.630. The van der Waals surface area contributed by atoms with Crippen molar-refractivity contribution in [3.63, 3.8) is 0 Å². The van der Waals surface area contributed by atoms with Crippen LogP contribution in [0.1, 0.15) is 78.6 Å². The van der Waals surface area contributed by atoms with Crippen molar-refractivity contribution in [2.45, 2.75) is 83.8 Å². The summed E-state index contributed by atoms with van der Waals surface area (Å²) in [4.78, 5) is 0. The number of hydrogen-bond acceptors (Lipinski definition) is 1. The molecule has 0 bridgehead atoms. The van der Waals surface area contributed by atoms with Crippen LogP contribution in [-0.4, -0.2) is 11.0 Å². The van der Waals surface area contributed by atoms with Crippen molar-refractivity contribution in [2.24, 2.45) is 0 Å². The Kier molecular flexibility index (Phi) is 12.7. The SMILES string of the molecule is CCCCCCSC(C)CCCCCC. The molecule has 0 aromatic heterocycles. The molecule has 0 spiro atoms. The van der Waals surface area contributed by atoms with Gasteiger partial charge in [0.1, 0.15) is 0 Å². The maximum atomic E-state index is 2.40. The van der Waals surface area contributed by atoms with Gasteiger partial charge in [-0.1, -0.05) is 65.7 Å². The van der Waals surface area contributed by atoms with Crippen molar-refractivity contribution in [1.82, 2.24) is 0 Å². The summed E-state index contributed by atoms with van der Waals surface area (Å²) in [6.07, 6.45) is 12.7. The number of hydrogen-bond donors (Lipinski definition) is 0. The average molecular weight is 230 g/mol. The highest BCUT2D eigenvalue weighted by Crippen LogP contribution is 2.19. The Morgan fingerprint density at radius 1 is 0.800 bits per heavy atom. The second-order valence-corrected chi connectivity index (χ2v) is 6.14. The van der Waals surface area contributed by atoms with E-state index in [0.717, 1.165) is 5.25 Å². The lowest BCUT2D eigenvalue weighted by Gasteiger charge is -2.10. The molecule has 0 aliphatic carbocycles. The second-order valence-electron chi connectivity index (χ2n) is 4.59. The van der Waals surface area contributed by atoms with Gasteiger partial charge in [-0.05, 0) is 18.6 Å². The summed E-state index contributed by atoms with van der Waals surface area (Å²) >= 11 is 2.18. The summed E-state index contributed by atoms with van der Waals surface area (Å²) < 4.78 is 0. The molecule has 0 aliphatic heterocycles. The summed E-state index contributed by atoms with van der Waals surface area (Å²) in [5, 5.41) is 0.892. The Morgan fingerprint density at radius 2 is 1.40 bits per heavy atom. The molecule has 0 aliphatic rings. The molecule has 1 atom stereocenters. The van der Waals surface area contributed by atoms with E-state index in [9.17, 15) is 0 Å². The van der Waals surface area contributed by atoms with Crippen LogP contribution in [0.25, 0.3) is 0 Å². The molecule has 92 valence electrons. The van der Waals surface area contributed by atoms with Crippen LogP contribution in [0.4, 0.5) is 0 Å². The summed E-state index contributed by atoms with van der Waals surface area (Å²) in [5.41, 5.74) is 0. The molecule has 0 aromatic rings. The van der Waals surface area contributed by atoms with Crippen molar-refractivity contribution in [2.75, 3.05) is 5.75 Å². The summed E-state index contributed by atoms with van der Waals surface area (Å²) in [7, 11) is 0. The van der Waals surface area contributed by atoms with Crippen LogP contribution in [0, 0.1) is 0 Å². The quantitative estimate of drug-likeness (QED) is 0.413. The van der Waals surface area contributed by atoms with Crippen molar-refractivity contribution >= 4 is 11.8 Å². The van der Waals surface area contributed by atoms with Gasteiger partial charge in [-0.2, -0.15) is 11.8 Å². The van der Waals surface area contributed by atoms with Gasteiger partial charge in [0.05, 0.1) is 0 Å². The molecule has 1 heteroatoms. The standard InChI is InChI=1S/C14H30S/c1-4-6-8-10-12-14(3)15-13-11-9-7-5-2/h14H,4-13H2,1-3H3. The third-order valence-corrected chi connectivity index (χ3v) is 4.19. The highest BCUT2D eigenvalue weighted by molar-refractivity contribution is 7.99. The summed E-state index contributed by atoms with van der Waals surface area (Å²) in [6, 6.07) is 0. The van der Waals surface area contributed by atoms with Gasteiger partial charge >= 0.3 is 0 Å². The molecule has 0 nitrogen and oxygen atoms in total. The zero-order valence-corrected chi connectivity index (χ0v) is 11.9. The Morgan fingerprint density at radius 3 is 2.00 bits per heavy atom. The maximum absolute atomic E-state index is 2.40. The fraction of sp³-hybridized carbons (Fsp3) is 1.00. The minimum absolute atomic E-state index is 0.892. The van der Waals surface area contributed by atoms with E-state index in [1.165, 1.54) is 63.5 Å². The molecule has 1 unspecified atom stereocenters. The lowest BCUT2D eigenvalue weighted by Crippen LogP contribution is -1.97. The molecule has 0 heterocycles. The highest BCUT2D eigenvalue weighted by atomic mass is 32.2. The monoisotopic (exact) mass is 230 g/mol. The van der Waals surface area contributed by atoms with E-state index in [0.29, 0.717) is 0 Å². The zero-order chi connectivity index (χ0) is 11.4. The second kappa shape index (κ2) is 12.4. The molecular weight excluding hydrogens is 200 g/mol. The topological polar surface area (TPSA) is 0 Å². The third-order valence-electron chi connectivity index (χ3n) is 2.86. The third kappa shape index (κ3) is 12.3. The van der Waals surface area contributed by atoms with Crippen LogP contribution in [0.3, 0.4) is 0 Å². The van der Waals surface area contributed by atoms with E-state index in [2.05, 4.69) is 32.5 Å². The highest BCUT2D eigenvalue weighted by Gasteiger charge is 2.01. The molecule has 0 rings (SSSR count). The van der Waals surface area contributed by atoms with E-state index in [4.69, 9.17) is 0 Å². The molecule has 0 aromatic carbocycles. The summed E-state index contributed by atoms with van der Waals surface area (Å²) in [6.45, 7) is 6.96. The van der Waals surface area contributed by atoms with Crippen molar-refractivity contribution < 1.29 is 0 Å². The Balaban J connectivity index is 3.08. The van der Waals surface area contributed by atoms with Crippen LogP contribution in [0.5, 0.6) is 0 Å². The van der Waals surface area contributed by atoms with Crippen LogP contribution in [0.15, 0.2) is 0 Å². The zero-order valence-electron chi connectivity index (χ0n) is 11.1. The van der Waals surface area contributed by atoms with Crippen LogP contribution in [0.2, 0.25) is 0 Å². The minimum atomic E-state index is 0.892. The van der Waals surface area contributed by atoms with Gasteiger partial charge in [0.2, 0.25) is 0 Å². The number of rotatable bonds is 11. The Bertz CT molecular complexity index is 112. The fourth-order valence-electron chi connectivity index (χ4n) is 1.76. The summed E-state index contributed by atoms with van der Waals surface area (Å²) in [5.74, 6) is 1.38. The van der Waals surface area contributed by atoms with Crippen LogP contribution in [-0.2, 0) is 0 Å². The molecule has 15 heavy (non-hydrogen) atoms. The van der Waals surface area contributed by atoms with Crippen LogP contribution >= 0.6 is 11.8 Å².